The van der Waals surface area contributed by atoms with Crippen molar-refractivity contribution < 1.29 is 19.1 Å². The van der Waals surface area contributed by atoms with E-state index in [-0.39, 0.29) is 6.10 Å². The van der Waals surface area contributed by atoms with Crippen LogP contribution in [0.5, 0.6) is 0 Å². The van der Waals surface area contributed by atoms with E-state index in [2.05, 4.69) is 4.74 Å². The van der Waals surface area contributed by atoms with Gasteiger partial charge < -0.3 is 9.47 Å². The highest BCUT2D eigenvalue weighted by atomic mass is 16.5. The van der Waals surface area contributed by atoms with E-state index < -0.39 is 11.9 Å². The molecule has 0 amide bonds. The molecular weight excluding hydrogens is 220 g/mol. The lowest BCUT2D eigenvalue weighted by atomic mass is 10.2. The highest BCUT2D eigenvalue weighted by molar-refractivity contribution is 5.84. The second-order valence-corrected chi connectivity index (χ2v) is 3.35. The minimum Gasteiger partial charge on any atom is -0.463 e. The number of ether oxygens (including phenoxy) is 2. The molecule has 0 aliphatic rings. The highest BCUT2D eigenvalue weighted by Gasteiger charge is 2.06. The Balaban J connectivity index is 3.99. The van der Waals surface area contributed by atoms with Crippen LogP contribution >= 0.6 is 0 Å². The first-order chi connectivity index (χ1) is 8.13. The topological polar surface area (TPSA) is 52.6 Å². The van der Waals surface area contributed by atoms with Crippen molar-refractivity contribution in [2.24, 2.45) is 0 Å². The number of hydrogen-bond donors (Lipinski definition) is 0. The molecule has 0 fully saturated rings. The highest BCUT2D eigenvalue weighted by Crippen LogP contribution is 2.03. The van der Waals surface area contributed by atoms with Crippen LogP contribution in [0.3, 0.4) is 0 Å². The molecule has 4 nitrogen and oxygen atoms in total. The molecule has 0 aromatic rings. The van der Waals surface area contributed by atoms with Gasteiger partial charge in [0.2, 0.25) is 0 Å². The normalized spacial score (nSPS) is 11.3. The van der Waals surface area contributed by atoms with Crippen LogP contribution in [0.25, 0.3) is 0 Å². The maximum absolute atomic E-state index is 11.3. The zero-order valence-electron chi connectivity index (χ0n) is 10.6. The third-order valence-corrected chi connectivity index (χ3v) is 2.06. The Hall–Kier alpha value is -1.58. The second kappa shape index (κ2) is 9.63. The first kappa shape index (κ1) is 15.4. The fourth-order valence-electron chi connectivity index (χ4n) is 1.12. The average molecular weight is 240 g/mol. The number of allylic oxidation sites excluding steroid dienone is 2. The van der Waals surface area contributed by atoms with Gasteiger partial charge in [-0.15, -0.1) is 0 Å². The summed E-state index contributed by atoms with van der Waals surface area (Å²) in [4.78, 5) is 22.2. The summed E-state index contributed by atoms with van der Waals surface area (Å²) in [5, 5.41) is 0. The van der Waals surface area contributed by atoms with Crippen molar-refractivity contribution in [3.05, 3.63) is 24.3 Å². The maximum atomic E-state index is 11.3. The number of esters is 2. The van der Waals surface area contributed by atoms with Crippen LogP contribution in [0.4, 0.5) is 0 Å². The largest absolute Gasteiger partial charge is 0.463 e. The minimum absolute atomic E-state index is 0.0406. The van der Waals surface area contributed by atoms with E-state index in [0.29, 0.717) is 6.61 Å². The Morgan fingerprint density at radius 1 is 1.00 bits per heavy atom. The zero-order valence-corrected chi connectivity index (χ0v) is 10.6. The summed E-state index contributed by atoms with van der Waals surface area (Å²) in [7, 11) is 0. The van der Waals surface area contributed by atoms with Gasteiger partial charge in [-0.05, 0) is 19.8 Å². The fourth-order valence-corrected chi connectivity index (χ4v) is 1.12. The molecule has 0 aromatic carbocycles. The molecule has 0 spiro atoms. The van der Waals surface area contributed by atoms with Gasteiger partial charge in [-0.2, -0.15) is 0 Å². The molecule has 0 unspecified atom stereocenters. The molecule has 0 bridgehead atoms. The van der Waals surface area contributed by atoms with Crippen molar-refractivity contribution in [2.45, 2.75) is 39.7 Å². The number of carbonyl (C=O) groups is 2. The lowest BCUT2D eigenvalue weighted by Gasteiger charge is -2.11. The van der Waals surface area contributed by atoms with Crippen LogP contribution in [0.1, 0.15) is 33.6 Å². The molecule has 0 aromatic heterocycles. The van der Waals surface area contributed by atoms with Crippen molar-refractivity contribution >= 4 is 11.9 Å². The van der Waals surface area contributed by atoms with Crippen LogP contribution < -0.4 is 0 Å². The fraction of sp³-hybridized carbons (Fsp3) is 0.538. The van der Waals surface area contributed by atoms with Crippen LogP contribution in [0, 0.1) is 0 Å². The molecule has 0 atom stereocenters. The molecule has 0 saturated heterocycles. The minimum atomic E-state index is -0.425. The molecule has 4 heteroatoms. The van der Waals surface area contributed by atoms with Crippen molar-refractivity contribution in [3.63, 3.8) is 0 Å². The molecule has 0 saturated carbocycles. The molecule has 96 valence electrons. The summed E-state index contributed by atoms with van der Waals surface area (Å²) >= 11 is 0. The van der Waals surface area contributed by atoms with E-state index in [1.165, 1.54) is 24.3 Å². The monoisotopic (exact) mass is 240 g/mol. The molecule has 17 heavy (non-hydrogen) atoms. The lowest BCUT2D eigenvalue weighted by Crippen LogP contribution is -2.14. The summed E-state index contributed by atoms with van der Waals surface area (Å²) in [6.45, 7) is 6.00. The second-order valence-electron chi connectivity index (χ2n) is 3.35. The van der Waals surface area contributed by atoms with Crippen LogP contribution in [-0.4, -0.2) is 24.6 Å². The predicted octanol–water partition coefficient (Wildman–Crippen LogP) is 2.39. The van der Waals surface area contributed by atoms with Gasteiger partial charge in [0.1, 0.15) is 6.10 Å². The van der Waals surface area contributed by atoms with Crippen molar-refractivity contribution in [1.29, 1.82) is 0 Å². The Labute approximate surface area is 102 Å². The van der Waals surface area contributed by atoms with Crippen LogP contribution in [-0.2, 0) is 19.1 Å². The quantitative estimate of drug-likeness (QED) is 0.389. The van der Waals surface area contributed by atoms with E-state index in [9.17, 15) is 9.59 Å². The van der Waals surface area contributed by atoms with Crippen LogP contribution in [0.15, 0.2) is 24.3 Å². The third kappa shape index (κ3) is 8.25. The van der Waals surface area contributed by atoms with Gasteiger partial charge in [-0.25, -0.2) is 9.59 Å². The van der Waals surface area contributed by atoms with Crippen molar-refractivity contribution in [2.75, 3.05) is 6.61 Å². The molecular formula is C13H20O4. The third-order valence-electron chi connectivity index (χ3n) is 2.06. The number of carbonyl (C=O) groups excluding carboxylic acids is 2. The van der Waals surface area contributed by atoms with Gasteiger partial charge >= 0.3 is 11.9 Å². The van der Waals surface area contributed by atoms with Gasteiger partial charge in [0.15, 0.2) is 0 Å². The van der Waals surface area contributed by atoms with Crippen LogP contribution in [0.2, 0.25) is 0 Å². The lowest BCUT2D eigenvalue weighted by molar-refractivity contribution is -0.143. The SMILES string of the molecule is CCOC(=O)/C=C/C=C/C(=O)OC(CC)CC. The van der Waals surface area contributed by atoms with E-state index in [0.717, 1.165) is 12.8 Å². The van der Waals surface area contributed by atoms with Gasteiger partial charge in [0.05, 0.1) is 6.61 Å². The Morgan fingerprint density at radius 3 is 2.00 bits per heavy atom. The van der Waals surface area contributed by atoms with Gasteiger partial charge in [-0.1, -0.05) is 26.0 Å². The van der Waals surface area contributed by atoms with Gasteiger partial charge in [0.25, 0.3) is 0 Å². The Bertz CT molecular complexity index is 288. The Morgan fingerprint density at radius 2 is 1.53 bits per heavy atom. The number of rotatable bonds is 7. The average Bonchev–Trinajstić information content (AvgIpc) is 2.32. The summed E-state index contributed by atoms with van der Waals surface area (Å²) < 4.78 is 9.80. The van der Waals surface area contributed by atoms with E-state index in [1.807, 2.05) is 13.8 Å². The maximum Gasteiger partial charge on any atom is 0.331 e. The van der Waals surface area contributed by atoms with E-state index in [4.69, 9.17) is 4.74 Å². The zero-order chi connectivity index (χ0) is 13.1. The molecule has 0 heterocycles. The van der Waals surface area contributed by atoms with Crippen molar-refractivity contribution in [1.82, 2.24) is 0 Å². The molecule has 0 rings (SSSR count). The summed E-state index contributed by atoms with van der Waals surface area (Å²) in [6.07, 6.45) is 7.01. The summed E-state index contributed by atoms with van der Waals surface area (Å²) in [5.74, 6) is -0.822. The first-order valence-corrected chi connectivity index (χ1v) is 5.86. The van der Waals surface area contributed by atoms with Crippen molar-refractivity contribution in [3.8, 4) is 0 Å². The smallest absolute Gasteiger partial charge is 0.331 e. The van der Waals surface area contributed by atoms with E-state index in [1.54, 1.807) is 6.92 Å². The molecule has 0 aliphatic heterocycles. The standard InChI is InChI=1S/C13H20O4/c1-4-11(5-2)17-13(15)10-8-7-9-12(14)16-6-3/h7-11H,4-6H2,1-3H3/b9-7+,10-8+. The number of hydrogen-bond acceptors (Lipinski definition) is 4. The summed E-state index contributed by atoms with van der Waals surface area (Å²) in [6, 6.07) is 0. The van der Waals surface area contributed by atoms with Gasteiger partial charge in [-0.3, -0.25) is 0 Å². The Kier molecular flexibility index (Phi) is 8.74. The molecule has 0 N–H and O–H groups in total. The van der Waals surface area contributed by atoms with E-state index >= 15 is 0 Å². The predicted molar refractivity (Wildman–Crippen MR) is 65.4 cm³/mol. The summed E-state index contributed by atoms with van der Waals surface area (Å²) in [5.41, 5.74) is 0. The molecule has 0 aliphatic carbocycles. The first-order valence-electron chi connectivity index (χ1n) is 5.86. The van der Waals surface area contributed by atoms with Gasteiger partial charge in [0, 0.05) is 12.2 Å². The molecule has 0 radical (unpaired) electrons.